The van der Waals surface area contributed by atoms with E-state index in [-0.39, 0.29) is 0 Å². The molecule has 0 saturated carbocycles. The van der Waals surface area contributed by atoms with Crippen LogP contribution in [0.3, 0.4) is 0 Å². The van der Waals surface area contributed by atoms with Crippen LogP contribution in [-0.2, 0) is 0 Å². The maximum Gasteiger partial charge on any atom is -0.00240 e. The summed E-state index contributed by atoms with van der Waals surface area (Å²) in [5.41, 5.74) is 5.44. The SMILES string of the molecule is Cc1ccc2ccc3c(C)ccc4ccc1c2c43.Cc1ccc2ccc3ccc(C)c4ccc1c2c34. The van der Waals surface area contributed by atoms with Crippen molar-refractivity contribution in [2.24, 2.45) is 0 Å². The van der Waals surface area contributed by atoms with E-state index in [0.717, 1.165) is 0 Å². The molecule has 0 aliphatic carbocycles. The van der Waals surface area contributed by atoms with Crippen molar-refractivity contribution >= 4 is 64.6 Å². The van der Waals surface area contributed by atoms with Crippen LogP contribution < -0.4 is 0 Å². The Labute approximate surface area is 211 Å². The molecule has 8 aromatic carbocycles. The van der Waals surface area contributed by atoms with Crippen molar-refractivity contribution in [1.82, 2.24) is 0 Å². The van der Waals surface area contributed by atoms with Gasteiger partial charge in [0.25, 0.3) is 0 Å². The highest BCUT2D eigenvalue weighted by molar-refractivity contribution is 6.25. The minimum atomic E-state index is 1.35. The third kappa shape index (κ3) is 2.94. The van der Waals surface area contributed by atoms with Gasteiger partial charge in [0.2, 0.25) is 0 Å². The van der Waals surface area contributed by atoms with E-state index in [0.29, 0.717) is 0 Å². The van der Waals surface area contributed by atoms with Crippen molar-refractivity contribution in [3.63, 3.8) is 0 Å². The van der Waals surface area contributed by atoms with Crippen LogP contribution in [0.4, 0.5) is 0 Å². The zero-order chi connectivity index (χ0) is 24.6. The van der Waals surface area contributed by atoms with Crippen LogP contribution in [0.2, 0.25) is 0 Å². The maximum absolute atomic E-state index is 2.27. The molecule has 0 aromatic heterocycles. The first-order valence-electron chi connectivity index (χ1n) is 12.8. The quantitative estimate of drug-likeness (QED) is 0.197. The summed E-state index contributed by atoms with van der Waals surface area (Å²) < 4.78 is 0. The number of hydrogen-bond donors (Lipinski definition) is 0. The molecular weight excluding hydrogens is 432 g/mol. The molecule has 0 nitrogen and oxygen atoms in total. The van der Waals surface area contributed by atoms with Crippen LogP contribution in [0.25, 0.3) is 64.6 Å². The van der Waals surface area contributed by atoms with Crippen molar-refractivity contribution < 1.29 is 0 Å². The topological polar surface area (TPSA) is 0 Å². The molecule has 36 heavy (non-hydrogen) atoms. The smallest absolute Gasteiger partial charge is 0.00240 e. The summed E-state index contributed by atoms with van der Waals surface area (Å²) in [4.78, 5) is 0. The number of aryl methyl sites for hydroxylation is 4. The molecule has 0 spiro atoms. The van der Waals surface area contributed by atoms with Gasteiger partial charge < -0.3 is 0 Å². The summed E-state index contributed by atoms with van der Waals surface area (Å²) >= 11 is 0. The first-order chi connectivity index (χ1) is 17.5. The molecule has 0 heterocycles. The molecule has 0 N–H and O–H groups in total. The Kier molecular flexibility index (Phi) is 4.51. The zero-order valence-corrected chi connectivity index (χ0v) is 21.2. The predicted molar refractivity (Wildman–Crippen MR) is 159 cm³/mol. The summed E-state index contributed by atoms with van der Waals surface area (Å²) in [7, 11) is 0. The highest BCUT2D eigenvalue weighted by Crippen LogP contribution is 2.38. The van der Waals surface area contributed by atoms with Gasteiger partial charge in [-0.15, -0.1) is 0 Å². The minimum Gasteiger partial charge on any atom is -0.0581 e. The van der Waals surface area contributed by atoms with E-state index in [1.807, 2.05) is 0 Å². The maximum atomic E-state index is 2.27. The lowest BCUT2D eigenvalue weighted by Gasteiger charge is -2.13. The van der Waals surface area contributed by atoms with Gasteiger partial charge in [-0.3, -0.25) is 0 Å². The second kappa shape index (κ2) is 7.67. The van der Waals surface area contributed by atoms with Gasteiger partial charge in [0.15, 0.2) is 0 Å². The molecule has 0 radical (unpaired) electrons. The molecule has 0 fully saturated rings. The van der Waals surface area contributed by atoms with Crippen LogP contribution in [0.1, 0.15) is 22.3 Å². The first-order valence-corrected chi connectivity index (χ1v) is 12.8. The molecule has 0 atom stereocenters. The number of hydrogen-bond acceptors (Lipinski definition) is 0. The van der Waals surface area contributed by atoms with E-state index in [2.05, 4.69) is 125 Å². The second-order valence-corrected chi connectivity index (χ2v) is 10.4. The second-order valence-electron chi connectivity index (χ2n) is 10.4. The van der Waals surface area contributed by atoms with Gasteiger partial charge in [-0.05, 0) is 115 Å². The third-order valence-electron chi connectivity index (χ3n) is 8.20. The Morgan fingerprint density at radius 1 is 0.250 bits per heavy atom. The summed E-state index contributed by atoms with van der Waals surface area (Å²) in [5, 5.41) is 16.6. The standard InChI is InChI=1S/2C18H14/c1-11-3-5-13-8-10-16-12(2)4-6-14-7-9-15(11)17(13)18(14)16;1-11-3-5-13-7-8-14-6-4-12(2)16-10-9-15(11)17(13)18(14)16/h2*3-10H,1-2H3. The van der Waals surface area contributed by atoms with Gasteiger partial charge in [-0.2, -0.15) is 0 Å². The fourth-order valence-electron chi connectivity index (χ4n) is 6.19. The molecule has 0 saturated heterocycles. The summed E-state index contributed by atoms with van der Waals surface area (Å²) in [6.45, 7) is 8.77. The van der Waals surface area contributed by atoms with Crippen molar-refractivity contribution in [3.8, 4) is 0 Å². The van der Waals surface area contributed by atoms with Gasteiger partial charge in [-0.1, -0.05) is 97.1 Å². The normalized spacial score (nSPS) is 11.9. The van der Waals surface area contributed by atoms with Crippen LogP contribution in [0, 0.1) is 27.7 Å². The molecular formula is C36H28. The van der Waals surface area contributed by atoms with Crippen molar-refractivity contribution in [1.29, 1.82) is 0 Å². The number of benzene rings is 8. The molecule has 172 valence electrons. The van der Waals surface area contributed by atoms with Crippen molar-refractivity contribution in [2.45, 2.75) is 27.7 Å². The predicted octanol–water partition coefficient (Wildman–Crippen LogP) is 10.4. The monoisotopic (exact) mass is 460 g/mol. The molecule has 0 unspecified atom stereocenters. The average molecular weight is 461 g/mol. The van der Waals surface area contributed by atoms with Gasteiger partial charge >= 0.3 is 0 Å². The Bertz CT molecular complexity index is 1830. The van der Waals surface area contributed by atoms with Crippen molar-refractivity contribution in [2.75, 3.05) is 0 Å². The largest absolute Gasteiger partial charge is 0.0581 e. The fraction of sp³-hybridized carbons (Fsp3) is 0.111. The summed E-state index contributed by atoms with van der Waals surface area (Å²) in [6.07, 6.45) is 0. The summed E-state index contributed by atoms with van der Waals surface area (Å²) in [6, 6.07) is 35.8. The molecule has 0 bridgehead atoms. The van der Waals surface area contributed by atoms with E-state index in [9.17, 15) is 0 Å². The molecule has 0 heteroatoms. The van der Waals surface area contributed by atoms with Crippen LogP contribution >= 0.6 is 0 Å². The van der Waals surface area contributed by atoms with E-state index in [1.165, 1.54) is 86.9 Å². The fourth-order valence-corrected chi connectivity index (χ4v) is 6.19. The van der Waals surface area contributed by atoms with Crippen LogP contribution in [0.15, 0.2) is 97.1 Å². The first kappa shape index (κ1) is 21.1. The third-order valence-corrected chi connectivity index (χ3v) is 8.20. The Hall–Kier alpha value is -4.16. The molecule has 0 aliphatic heterocycles. The molecule has 8 aromatic rings. The Morgan fingerprint density at radius 2 is 0.444 bits per heavy atom. The van der Waals surface area contributed by atoms with Gasteiger partial charge in [-0.25, -0.2) is 0 Å². The van der Waals surface area contributed by atoms with Crippen LogP contribution in [0.5, 0.6) is 0 Å². The average Bonchev–Trinajstić information content (AvgIpc) is 2.91. The molecule has 8 rings (SSSR count). The van der Waals surface area contributed by atoms with E-state index < -0.39 is 0 Å². The molecule has 0 amide bonds. The lowest BCUT2D eigenvalue weighted by atomic mass is 9.91. The van der Waals surface area contributed by atoms with E-state index in [4.69, 9.17) is 0 Å². The van der Waals surface area contributed by atoms with E-state index in [1.54, 1.807) is 0 Å². The highest BCUT2D eigenvalue weighted by Gasteiger charge is 2.11. The lowest BCUT2D eigenvalue weighted by Crippen LogP contribution is -1.87. The minimum absolute atomic E-state index is 1.35. The van der Waals surface area contributed by atoms with Gasteiger partial charge in [0.05, 0.1) is 0 Å². The van der Waals surface area contributed by atoms with E-state index >= 15 is 0 Å². The Morgan fingerprint density at radius 3 is 0.722 bits per heavy atom. The van der Waals surface area contributed by atoms with Crippen LogP contribution in [-0.4, -0.2) is 0 Å². The lowest BCUT2D eigenvalue weighted by molar-refractivity contribution is 1.53. The Balaban J connectivity index is 0.000000122. The van der Waals surface area contributed by atoms with Gasteiger partial charge in [0, 0.05) is 0 Å². The highest BCUT2D eigenvalue weighted by atomic mass is 14.1. The van der Waals surface area contributed by atoms with Gasteiger partial charge in [0.1, 0.15) is 0 Å². The zero-order valence-electron chi connectivity index (χ0n) is 21.2. The number of rotatable bonds is 0. The summed E-state index contributed by atoms with van der Waals surface area (Å²) in [5.74, 6) is 0. The van der Waals surface area contributed by atoms with Crippen molar-refractivity contribution in [3.05, 3.63) is 119 Å². The molecule has 0 aliphatic rings.